The molecule has 0 bridgehead atoms. The number of methoxy groups -OCH3 is 1. The fourth-order valence-corrected chi connectivity index (χ4v) is 5.25. The number of pyridine rings is 1. The van der Waals surface area contributed by atoms with Gasteiger partial charge in [0.15, 0.2) is 12.4 Å². The van der Waals surface area contributed by atoms with Crippen LogP contribution in [-0.4, -0.2) is 49.3 Å². The number of likely N-dealkylation sites (tertiary alicyclic amines) is 1. The second-order valence-electron chi connectivity index (χ2n) is 10.6. The van der Waals surface area contributed by atoms with E-state index in [-0.39, 0.29) is 19.3 Å². The molecule has 0 spiro atoms. The summed E-state index contributed by atoms with van der Waals surface area (Å²) in [4.78, 5) is 38.4. The minimum absolute atomic E-state index is 0.0305. The van der Waals surface area contributed by atoms with Crippen LogP contribution in [0.2, 0.25) is 0 Å². The largest absolute Gasteiger partial charge is 0.493 e. The third kappa shape index (κ3) is 8.60. The van der Waals surface area contributed by atoms with Crippen LogP contribution in [0.25, 0.3) is 11.1 Å². The van der Waals surface area contributed by atoms with Crippen molar-refractivity contribution in [1.82, 2.24) is 10.2 Å². The Balaban J connectivity index is 1.04. The molecule has 4 aromatic rings. The molecule has 0 aliphatic carbocycles. The van der Waals surface area contributed by atoms with Crippen LogP contribution in [0.1, 0.15) is 24.0 Å². The maximum atomic E-state index is 12.5. The number of carbonyl (C=O) groups is 3. The highest BCUT2D eigenvalue weighted by Gasteiger charge is 2.36. The van der Waals surface area contributed by atoms with Crippen molar-refractivity contribution in [3.8, 4) is 16.9 Å². The molecule has 1 unspecified atom stereocenters. The number of nitrogens with one attached hydrogen (secondary N) is 2. The molecule has 2 heterocycles. The van der Waals surface area contributed by atoms with E-state index < -0.39 is 18.1 Å². The van der Waals surface area contributed by atoms with Crippen molar-refractivity contribution >= 4 is 23.8 Å². The summed E-state index contributed by atoms with van der Waals surface area (Å²) in [5.41, 5.74) is 5.06. The first kappa shape index (κ1) is 31.1. The van der Waals surface area contributed by atoms with Crippen molar-refractivity contribution in [2.24, 2.45) is 0 Å². The van der Waals surface area contributed by atoms with Gasteiger partial charge in [0.2, 0.25) is 0 Å². The summed E-state index contributed by atoms with van der Waals surface area (Å²) in [7, 11) is 1.31. The number of aromatic nitrogens is 1. The van der Waals surface area contributed by atoms with Crippen LogP contribution in [0, 0.1) is 0 Å². The predicted molar refractivity (Wildman–Crippen MR) is 168 cm³/mol. The first-order valence-corrected chi connectivity index (χ1v) is 14.9. The normalized spacial score (nSPS) is 14.0. The van der Waals surface area contributed by atoms with E-state index in [9.17, 15) is 14.4 Å². The van der Waals surface area contributed by atoms with Gasteiger partial charge in [-0.05, 0) is 59.9 Å². The lowest BCUT2D eigenvalue weighted by atomic mass is 9.98. The Kier molecular flexibility index (Phi) is 10.6. The molecule has 1 aliphatic heterocycles. The Hall–Kier alpha value is -5.38. The molecule has 1 aromatic heterocycles. The molecule has 232 valence electrons. The summed E-state index contributed by atoms with van der Waals surface area (Å²) >= 11 is 0. The molecular weight excluding hydrogens is 572 g/mol. The fourth-order valence-electron chi connectivity index (χ4n) is 5.25. The molecular formula is C35H37N4O6+. The molecule has 5 rings (SSSR count). The Morgan fingerprint density at radius 1 is 0.933 bits per heavy atom. The molecule has 0 saturated carbocycles. The summed E-state index contributed by atoms with van der Waals surface area (Å²) in [6.45, 7) is 1.21. The lowest BCUT2D eigenvalue weighted by Crippen LogP contribution is -2.44. The number of benzene rings is 3. The van der Waals surface area contributed by atoms with Crippen LogP contribution in [0.3, 0.4) is 0 Å². The minimum atomic E-state index is -0.612. The molecule has 3 aromatic carbocycles. The van der Waals surface area contributed by atoms with Gasteiger partial charge < -0.3 is 24.8 Å². The number of amides is 3. The standard InChI is InChI=1S/C35H36N4O6/c1-43-33(40)32-14-8-21-39(32)35(42)45-25-38-20-7-9-26(24-38)23-36-34(41)37-29-15-17-30(18-16-29)44-22-19-28-12-5-6-13-31(28)27-10-3-2-4-11-27/h2-7,9-13,15-18,20,24,32H,8,14,19,21-23,25H2,1H3,(H-,36,37,41)/p+1. The van der Waals surface area contributed by atoms with Crippen molar-refractivity contribution in [2.45, 2.75) is 38.6 Å². The van der Waals surface area contributed by atoms with Crippen molar-refractivity contribution in [1.29, 1.82) is 0 Å². The molecule has 10 nitrogen and oxygen atoms in total. The zero-order valence-electron chi connectivity index (χ0n) is 25.2. The van der Waals surface area contributed by atoms with Gasteiger partial charge in [0, 0.05) is 30.3 Å². The number of urea groups is 1. The van der Waals surface area contributed by atoms with E-state index in [4.69, 9.17) is 14.2 Å². The van der Waals surface area contributed by atoms with Crippen LogP contribution in [-0.2, 0) is 34.0 Å². The molecule has 1 atom stereocenters. The lowest BCUT2D eigenvalue weighted by Gasteiger charge is -2.21. The minimum Gasteiger partial charge on any atom is -0.493 e. The highest BCUT2D eigenvalue weighted by molar-refractivity contribution is 5.89. The fraction of sp³-hybridized carbons (Fsp3) is 0.257. The van der Waals surface area contributed by atoms with E-state index in [0.29, 0.717) is 31.7 Å². The number of nitrogens with zero attached hydrogens (tertiary/aromatic N) is 2. The first-order valence-electron chi connectivity index (χ1n) is 14.9. The highest BCUT2D eigenvalue weighted by atomic mass is 16.6. The molecule has 0 radical (unpaired) electrons. The summed E-state index contributed by atoms with van der Waals surface area (Å²) in [6.07, 6.45) is 5.01. The summed E-state index contributed by atoms with van der Waals surface area (Å²) in [6, 6.07) is 28.6. The Morgan fingerprint density at radius 2 is 1.71 bits per heavy atom. The number of esters is 1. The lowest BCUT2D eigenvalue weighted by molar-refractivity contribution is -0.727. The van der Waals surface area contributed by atoms with Crippen molar-refractivity contribution in [3.63, 3.8) is 0 Å². The third-order valence-corrected chi connectivity index (χ3v) is 7.52. The zero-order valence-corrected chi connectivity index (χ0v) is 25.2. The third-order valence-electron chi connectivity index (χ3n) is 7.52. The molecule has 45 heavy (non-hydrogen) atoms. The Morgan fingerprint density at radius 3 is 2.51 bits per heavy atom. The van der Waals surface area contributed by atoms with Crippen molar-refractivity contribution in [2.75, 3.05) is 25.6 Å². The second-order valence-corrected chi connectivity index (χ2v) is 10.6. The van der Waals surface area contributed by atoms with Crippen LogP contribution in [0.4, 0.5) is 15.3 Å². The quantitative estimate of drug-likeness (QED) is 0.176. The van der Waals surface area contributed by atoms with Gasteiger partial charge in [-0.2, -0.15) is 4.57 Å². The zero-order chi connectivity index (χ0) is 31.4. The second kappa shape index (κ2) is 15.4. The predicted octanol–water partition coefficient (Wildman–Crippen LogP) is 5.32. The number of anilines is 1. The monoisotopic (exact) mass is 609 g/mol. The summed E-state index contributed by atoms with van der Waals surface area (Å²) < 4.78 is 17.9. The number of hydrogen-bond acceptors (Lipinski definition) is 6. The molecule has 10 heteroatoms. The molecule has 1 fully saturated rings. The van der Waals surface area contributed by atoms with Gasteiger partial charge in [-0.15, -0.1) is 0 Å². The van der Waals surface area contributed by atoms with Crippen LogP contribution < -0.4 is 19.9 Å². The smallest absolute Gasteiger partial charge is 0.415 e. The van der Waals surface area contributed by atoms with E-state index in [0.717, 1.165) is 17.7 Å². The SMILES string of the molecule is COC(=O)C1CCCN1C(=O)OC[n+]1cccc(CNC(=O)Nc2ccc(OCCc3ccccc3-c3ccccc3)cc2)c1. The van der Waals surface area contributed by atoms with Crippen molar-refractivity contribution in [3.05, 3.63) is 115 Å². The van der Waals surface area contributed by atoms with E-state index >= 15 is 0 Å². The van der Waals surface area contributed by atoms with Crippen LogP contribution in [0.15, 0.2) is 103 Å². The molecule has 1 saturated heterocycles. The Bertz CT molecular complexity index is 1600. The average Bonchev–Trinajstić information content (AvgIpc) is 3.58. The van der Waals surface area contributed by atoms with Gasteiger partial charge in [0.05, 0.1) is 20.3 Å². The van der Waals surface area contributed by atoms with Gasteiger partial charge in [-0.1, -0.05) is 54.6 Å². The Labute approximate surface area is 262 Å². The summed E-state index contributed by atoms with van der Waals surface area (Å²) in [5, 5.41) is 5.66. The number of hydrogen-bond donors (Lipinski definition) is 2. The molecule has 3 amide bonds. The topological polar surface area (TPSA) is 110 Å². The molecule has 2 N–H and O–H groups in total. The number of rotatable bonds is 11. The van der Waals surface area contributed by atoms with E-state index in [1.807, 2.05) is 48.5 Å². The van der Waals surface area contributed by atoms with Crippen molar-refractivity contribution < 1.29 is 33.2 Å². The highest BCUT2D eigenvalue weighted by Crippen LogP contribution is 2.24. The molecule has 1 aliphatic rings. The van der Waals surface area contributed by atoms with E-state index in [2.05, 4.69) is 34.9 Å². The van der Waals surface area contributed by atoms with Gasteiger partial charge in [-0.3, -0.25) is 4.90 Å². The number of ether oxygens (including phenoxy) is 3. The van der Waals surface area contributed by atoms with Gasteiger partial charge in [-0.25, -0.2) is 14.4 Å². The van der Waals surface area contributed by atoms with E-state index in [1.54, 1.807) is 35.2 Å². The first-order chi connectivity index (χ1) is 22.0. The maximum absolute atomic E-state index is 12.5. The van der Waals surface area contributed by atoms with Crippen LogP contribution >= 0.6 is 0 Å². The van der Waals surface area contributed by atoms with Gasteiger partial charge in [0.25, 0.3) is 6.73 Å². The summed E-state index contributed by atoms with van der Waals surface area (Å²) in [5.74, 6) is 0.280. The van der Waals surface area contributed by atoms with Gasteiger partial charge in [0.1, 0.15) is 11.8 Å². The average molecular weight is 610 g/mol. The maximum Gasteiger partial charge on any atom is 0.415 e. The van der Waals surface area contributed by atoms with Crippen LogP contribution in [0.5, 0.6) is 5.75 Å². The van der Waals surface area contributed by atoms with Gasteiger partial charge >= 0.3 is 18.1 Å². The van der Waals surface area contributed by atoms with E-state index in [1.165, 1.54) is 28.7 Å². The number of carbonyl (C=O) groups excluding carboxylic acids is 3.